The molecule has 1 amide bonds. The van der Waals surface area contributed by atoms with E-state index in [-0.39, 0.29) is 24.4 Å². The van der Waals surface area contributed by atoms with Crippen molar-refractivity contribution < 1.29 is 4.79 Å². The van der Waals surface area contributed by atoms with Gasteiger partial charge in [0, 0.05) is 23.2 Å². The normalized spacial score (nSPS) is 22.4. The molecule has 0 heterocycles. The summed E-state index contributed by atoms with van der Waals surface area (Å²) >= 11 is 5.87. The molecule has 1 saturated carbocycles. The van der Waals surface area contributed by atoms with Crippen molar-refractivity contribution in [3.63, 3.8) is 0 Å². The summed E-state index contributed by atoms with van der Waals surface area (Å²) < 4.78 is 0. The number of nitrogens with one attached hydrogen (secondary N) is 1. The van der Waals surface area contributed by atoms with Gasteiger partial charge in [-0.3, -0.25) is 4.79 Å². The van der Waals surface area contributed by atoms with Crippen LogP contribution in [0.15, 0.2) is 24.3 Å². The van der Waals surface area contributed by atoms with Crippen LogP contribution in [-0.4, -0.2) is 11.9 Å². The minimum absolute atomic E-state index is 0. The summed E-state index contributed by atoms with van der Waals surface area (Å²) in [4.78, 5) is 11.9. The number of rotatable bonds is 3. The van der Waals surface area contributed by atoms with Gasteiger partial charge >= 0.3 is 0 Å². The van der Waals surface area contributed by atoms with Crippen LogP contribution in [0.2, 0.25) is 5.02 Å². The fourth-order valence-electron chi connectivity index (χ4n) is 2.51. The van der Waals surface area contributed by atoms with E-state index in [1.54, 1.807) is 12.1 Å². The van der Waals surface area contributed by atoms with Gasteiger partial charge in [0.25, 0.3) is 0 Å². The molecule has 0 bridgehead atoms. The number of halogens is 2. The first-order valence-electron chi connectivity index (χ1n) is 6.46. The number of nitrogens with two attached hydrogens (primary N) is 1. The Morgan fingerprint density at radius 3 is 2.79 bits per heavy atom. The number of anilines is 1. The fraction of sp³-hybridized carbons (Fsp3) is 0.500. The minimum Gasteiger partial charge on any atom is -0.327 e. The first-order valence-corrected chi connectivity index (χ1v) is 6.84. The standard InChI is InChI=1S/C14H19ClN2O.ClH/c15-11-5-3-6-12(9-11)17-14(18)8-10-4-1-2-7-13(10)16;/h3,5-6,9-10,13H,1-2,4,7-8,16H2,(H,17,18);1H. The highest BCUT2D eigenvalue weighted by molar-refractivity contribution is 6.30. The molecule has 0 radical (unpaired) electrons. The summed E-state index contributed by atoms with van der Waals surface area (Å²) in [5.41, 5.74) is 6.79. The largest absolute Gasteiger partial charge is 0.327 e. The highest BCUT2D eigenvalue weighted by atomic mass is 35.5. The van der Waals surface area contributed by atoms with E-state index >= 15 is 0 Å². The Balaban J connectivity index is 0.00000180. The monoisotopic (exact) mass is 302 g/mol. The Hall–Kier alpha value is -0.770. The SMILES string of the molecule is Cl.NC1CCCCC1CC(=O)Nc1cccc(Cl)c1. The number of carbonyl (C=O) groups is 1. The Morgan fingerprint density at radius 2 is 2.11 bits per heavy atom. The van der Waals surface area contributed by atoms with Gasteiger partial charge in [0.2, 0.25) is 5.91 Å². The summed E-state index contributed by atoms with van der Waals surface area (Å²) in [5.74, 6) is 0.345. The van der Waals surface area contributed by atoms with E-state index in [1.165, 1.54) is 12.8 Å². The van der Waals surface area contributed by atoms with Crippen molar-refractivity contribution in [1.29, 1.82) is 0 Å². The minimum atomic E-state index is 0. The highest BCUT2D eigenvalue weighted by Crippen LogP contribution is 2.26. The van der Waals surface area contributed by atoms with E-state index in [1.807, 2.05) is 12.1 Å². The molecule has 0 saturated heterocycles. The second-order valence-electron chi connectivity index (χ2n) is 4.97. The quantitative estimate of drug-likeness (QED) is 0.896. The molecule has 1 aliphatic rings. The maximum Gasteiger partial charge on any atom is 0.224 e. The van der Waals surface area contributed by atoms with Crippen LogP contribution in [-0.2, 0) is 4.79 Å². The van der Waals surface area contributed by atoms with Gasteiger partial charge in [-0.25, -0.2) is 0 Å². The number of hydrogen-bond donors (Lipinski definition) is 2. The van der Waals surface area contributed by atoms with Gasteiger partial charge in [0.05, 0.1) is 0 Å². The molecule has 0 aliphatic heterocycles. The molecular formula is C14H20Cl2N2O. The average molecular weight is 303 g/mol. The zero-order valence-corrected chi connectivity index (χ0v) is 12.3. The van der Waals surface area contributed by atoms with Crippen LogP contribution in [0.25, 0.3) is 0 Å². The number of amides is 1. The van der Waals surface area contributed by atoms with Gasteiger partial charge in [-0.1, -0.05) is 30.5 Å². The second-order valence-corrected chi connectivity index (χ2v) is 5.41. The number of hydrogen-bond acceptors (Lipinski definition) is 2. The number of benzene rings is 1. The lowest BCUT2D eigenvalue weighted by atomic mass is 9.83. The molecule has 2 unspecified atom stereocenters. The van der Waals surface area contributed by atoms with Crippen molar-refractivity contribution in [2.75, 3.05) is 5.32 Å². The third kappa shape index (κ3) is 5.01. The Labute approximate surface area is 125 Å². The molecule has 1 aromatic rings. The maximum absolute atomic E-state index is 11.9. The fourth-order valence-corrected chi connectivity index (χ4v) is 2.70. The summed E-state index contributed by atoms with van der Waals surface area (Å²) in [5, 5.41) is 3.50. The van der Waals surface area contributed by atoms with Crippen LogP contribution in [0.1, 0.15) is 32.1 Å². The molecule has 3 N–H and O–H groups in total. The van der Waals surface area contributed by atoms with Crippen molar-refractivity contribution in [2.24, 2.45) is 11.7 Å². The molecule has 19 heavy (non-hydrogen) atoms. The van der Waals surface area contributed by atoms with Crippen LogP contribution in [0.3, 0.4) is 0 Å². The molecule has 2 atom stereocenters. The van der Waals surface area contributed by atoms with E-state index in [9.17, 15) is 4.79 Å². The predicted octanol–water partition coefficient (Wildman–Crippen LogP) is 3.61. The summed E-state index contributed by atoms with van der Waals surface area (Å²) in [6.07, 6.45) is 4.98. The Kier molecular flexibility index (Phi) is 6.63. The first kappa shape index (κ1) is 16.3. The molecule has 106 valence electrons. The third-order valence-corrected chi connectivity index (χ3v) is 3.76. The van der Waals surface area contributed by atoms with Crippen molar-refractivity contribution >= 4 is 35.6 Å². The van der Waals surface area contributed by atoms with Crippen molar-refractivity contribution in [1.82, 2.24) is 0 Å². The Morgan fingerprint density at radius 1 is 1.37 bits per heavy atom. The van der Waals surface area contributed by atoms with Gasteiger partial charge in [0.15, 0.2) is 0 Å². The van der Waals surface area contributed by atoms with E-state index in [0.29, 0.717) is 17.4 Å². The molecular weight excluding hydrogens is 283 g/mol. The lowest BCUT2D eigenvalue weighted by molar-refractivity contribution is -0.117. The smallest absolute Gasteiger partial charge is 0.224 e. The van der Waals surface area contributed by atoms with E-state index in [0.717, 1.165) is 18.5 Å². The highest BCUT2D eigenvalue weighted by Gasteiger charge is 2.24. The zero-order chi connectivity index (χ0) is 13.0. The van der Waals surface area contributed by atoms with E-state index < -0.39 is 0 Å². The second kappa shape index (κ2) is 7.73. The van der Waals surface area contributed by atoms with Gasteiger partial charge in [-0.15, -0.1) is 12.4 Å². The van der Waals surface area contributed by atoms with E-state index in [2.05, 4.69) is 5.32 Å². The molecule has 3 nitrogen and oxygen atoms in total. The molecule has 0 aromatic heterocycles. The lowest BCUT2D eigenvalue weighted by Crippen LogP contribution is -2.35. The van der Waals surface area contributed by atoms with Crippen LogP contribution >= 0.6 is 24.0 Å². The van der Waals surface area contributed by atoms with Crippen LogP contribution in [0.5, 0.6) is 0 Å². The van der Waals surface area contributed by atoms with Gasteiger partial charge in [0.1, 0.15) is 0 Å². The van der Waals surface area contributed by atoms with Crippen molar-refractivity contribution in [3.8, 4) is 0 Å². The van der Waals surface area contributed by atoms with Crippen LogP contribution < -0.4 is 11.1 Å². The summed E-state index contributed by atoms with van der Waals surface area (Å²) in [7, 11) is 0. The van der Waals surface area contributed by atoms with Gasteiger partial charge in [-0.05, 0) is 37.0 Å². The number of carbonyl (C=O) groups excluding carboxylic acids is 1. The topological polar surface area (TPSA) is 55.1 Å². The van der Waals surface area contributed by atoms with Crippen molar-refractivity contribution in [2.45, 2.75) is 38.1 Å². The molecule has 1 aromatic carbocycles. The molecule has 5 heteroatoms. The molecule has 1 aliphatic carbocycles. The third-order valence-electron chi connectivity index (χ3n) is 3.52. The summed E-state index contributed by atoms with van der Waals surface area (Å²) in [6.45, 7) is 0. The molecule has 2 rings (SSSR count). The van der Waals surface area contributed by atoms with Gasteiger partial charge in [-0.2, -0.15) is 0 Å². The Bertz CT molecular complexity index is 426. The first-order chi connectivity index (χ1) is 8.65. The van der Waals surface area contributed by atoms with Crippen LogP contribution in [0, 0.1) is 5.92 Å². The lowest BCUT2D eigenvalue weighted by Gasteiger charge is -2.27. The average Bonchev–Trinajstić information content (AvgIpc) is 2.32. The maximum atomic E-state index is 11.9. The summed E-state index contributed by atoms with van der Waals surface area (Å²) in [6, 6.07) is 7.37. The van der Waals surface area contributed by atoms with Crippen LogP contribution in [0.4, 0.5) is 5.69 Å². The molecule has 1 fully saturated rings. The van der Waals surface area contributed by atoms with E-state index in [4.69, 9.17) is 17.3 Å². The predicted molar refractivity (Wildman–Crippen MR) is 81.9 cm³/mol. The van der Waals surface area contributed by atoms with Gasteiger partial charge < -0.3 is 11.1 Å². The van der Waals surface area contributed by atoms with Crippen molar-refractivity contribution in [3.05, 3.63) is 29.3 Å². The zero-order valence-electron chi connectivity index (χ0n) is 10.8. The molecule has 0 spiro atoms.